The maximum Gasteiger partial charge on any atom is 0.118 e. The molecule has 0 atom stereocenters. The zero-order valence-corrected chi connectivity index (χ0v) is 10.9. The van der Waals surface area contributed by atoms with Gasteiger partial charge < -0.3 is 4.42 Å². The highest BCUT2D eigenvalue weighted by atomic mass is 16.3. The van der Waals surface area contributed by atoms with Gasteiger partial charge in [0.1, 0.15) is 17.6 Å². The minimum atomic E-state index is 0.286. The molecule has 4 aliphatic rings. The molecule has 0 aromatic carbocycles. The smallest absolute Gasteiger partial charge is 0.118 e. The predicted octanol–water partition coefficient (Wildman–Crippen LogP) is 3.93. The summed E-state index contributed by atoms with van der Waals surface area (Å²) in [5, 5.41) is 9.10. The standard InChI is InChI=1S/C16H19NO/c1-10-14(9-17)5-15(18-10)16-6-11-2-12(7-16)4-13(3-11)8-16/h5,11-13H,2-4,6-8H2,1H3. The Kier molecular flexibility index (Phi) is 2.02. The van der Waals surface area contributed by atoms with Crippen LogP contribution in [0, 0.1) is 36.0 Å². The molecule has 1 heterocycles. The number of hydrogen-bond donors (Lipinski definition) is 0. The van der Waals surface area contributed by atoms with Crippen molar-refractivity contribution in [2.24, 2.45) is 17.8 Å². The molecule has 0 aliphatic heterocycles. The molecule has 0 saturated heterocycles. The van der Waals surface area contributed by atoms with Crippen molar-refractivity contribution in [2.45, 2.75) is 50.9 Å². The molecule has 0 radical (unpaired) electrons. The topological polar surface area (TPSA) is 36.9 Å². The van der Waals surface area contributed by atoms with Crippen LogP contribution in [0.4, 0.5) is 0 Å². The maximum atomic E-state index is 9.10. The maximum absolute atomic E-state index is 9.10. The van der Waals surface area contributed by atoms with Crippen molar-refractivity contribution in [3.05, 3.63) is 23.2 Å². The quantitative estimate of drug-likeness (QED) is 0.747. The van der Waals surface area contributed by atoms with Crippen molar-refractivity contribution in [3.8, 4) is 6.07 Å². The Balaban J connectivity index is 1.77. The molecule has 0 unspecified atom stereocenters. The van der Waals surface area contributed by atoms with Crippen molar-refractivity contribution in [3.63, 3.8) is 0 Å². The Hall–Kier alpha value is -1.23. The number of aryl methyl sites for hydroxylation is 1. The van der Waals surface area contributed by atoms with E-state index >= 15 is 0 Å². The summed E-state index contributed by atoms with van der Waals surface area (Å²) in [6, 6.07) is 4.28. The van der Waals surface area contributed by atoms with Crippen LogP contribution in [0.15, 0.2) is 10.5 Å². The van der Waals surface area contributed by atoms with Crippen molar-refractivity contribution in [1.29, 1.82) is 5.26 Å². The molecule has 18 heavy (non-hydrogen) atoms. The SMILES string of the molecule is Cc1oc(C23CC4CC(CC(C4)C2)C3)cc1C#N. The predicted molar refractivity (Wildman–Crippen MR) is 68.0 cm³/mol. The summed E-state index contributed by atoms with van der Waals surface area (Å²) >= 11 is 0. The van der Waals surface area contributed by atoms with E-state index in [4.69, 9.17) is 9.68 Å². The Labute approximate surface area is 108 Å². The van der Waals surface area contributed by atoms with Crippen LogP contribution in [-0.2, 0) is 5.41 Å². The van der Waals surface area contributed by atoms with Crippen molar-refractivity contribution in [2.75, 3.05) is 0 Å². The average Bonchev–Trinajstić information content (AvgIpc) is 2.69. The van der Waals surface area contributed by atoms with Crippen molar-refractivity contribution < 1.29 is 4.42 Å². The zero-order valence-electron chi connectivity index (χ0n) is 10.9. The summed E-state index contributed by atoms with van der Waals surface area (Å²) in [6.07, 6.45) is 8.25. The number of furan rings is 1. The average molecular weight is 241 g/mol. The first-order valence-corrected chi connectivity index (χ1v) is 7.19. The number of nitriles is 1. The van der Waals surface area contributed by atoms with E-state index in [1.807, 2.05) is 13.0 Å². The van der Waals surface area contributed by atoms with E-state index in [0.29, 0.717) is 0 Å². The Bertz CT molecular complexity index is 498. The van der Waals surface area contributed by atoms with Crippen LogP contribution in [-0.4, -0.2) is 0 Å². The highest BCUT2D eigenvalue weighted by Crippen LogP contribution is 2.60. The first kappa shape index (κ1) is 10.7. The molecular formula is C16H19NO. The van der Waals surface area contributed by atoms with Gasteiger partial charge >= 0.3 is 0 Å². The highest BCUT2D eigenvalue weighted by Gasteiger charge is 2.53. The Morgan fingerprint density at radius 2 is 1.72 bits per heavy atom. The van der Waals surface area contributed by atoms with E-state index in [1.165, 1.54) is 38.5 Å². The lowest BCUT2D eigenvalue weighted by atomic mass is 9.49. The van der Waals surface area contributed by atoms with Gasteiger partial charge in [0.15, 0.2) is 0 Å². The summed E-state index contributed by atoms with van der Waals surface area (Å²) in [7, 11) is 0. The number of hydrogen-bond acceptors (Lipinski definition) is 2. The molecule has 0 amide bonds. The fraction of sp³-hybridized carbons (Fsp3) is 0.688. The molecule has 4 saturated carbocycles. The van der Waals surface area contributed by atoms with Gasteiger partial charge in [0.2, 0.25) is 0 Å². The molecule has 4 fully saturated rings. The second-order valence-electron chi connectivity index (χ2n) is 6.89. The fourth-order valence-corrected chi connectivity index (χ4v) is 5.27. The lowest BCUT2D eigenvalue weighted by molar-refractivity contribution is -0.0154. The molecule has 94 valence electrons. The van der Waals surface area contributed by atoms with Crippen LogP contribution in [0.25, 0.3) is 0 Å². The third kappa shape index (κ3) is 1.34. The number of rotatable bonds is 1. The minimum Gasteiger partial charge on any atom is -0.464 e. The molecule has 1 aromatic heterocycles. The third-order valence-corrected chi connectivity index (χ3v) is 5.60. The van der Waals surface area contributed by atoms with Gasteiger partial charge in [-0.1, -0.05) is 0 Å². The van der Waals surface area contributed by atoms with E-state index < -0.39 is 0 Å². The van der Waals surface area contributed by atoms with Gasteiger partial charge in [-0.15, -0.1) is 0 Å². The molecule has 0 N–H and O–H groups in total. The summed E-state index contributed by atoms with van der Waals surface area (Å²) in [4.78, 5) is 0. The molecular weight excluding hydrogens is 222 g/mol. The van der Waals surface area contributed by atoms with E-state index in [2.05, 4.69) is 6.07 Å². The lowest BCUT2D eigenvalue weighted by Gasteiger charge is -2.55. The summed E-state index contributed by atoms with van der Waals surface area (Å²) in [6.45, 7) is 1.92. The largest absolute Gasteiger partial charge is 0.464 e. The summed E-state index contributed by atoms with van der Waals surface area (Å²) in [5.74, 6) is 4.70. The zero-order chi connectivity index (χ0) is 12.3. The van der Waals surface area contributed by atoms with Crippen LogP contribution in [0.1, 0.15) is 55.6 Å². The second kappa shape index (κ2) is 3.41. The monoisotopic (exact) mass is 241 g/mol. The van der Waals surface area contributed by atoms with E-state index in [9.17, 15) is 0 Å². The van der Waals surface area contributed by atoms with Gasteiger partial charge in [-0.3, -0.25) is 0 Å². The number of nitrogens with zero attached hydrogens (tertiary/aromatic N) is 1. The van der Waals surface area contributed by atoms with Crippen LogP contribution >= 0.6 is 0 Å². The third-order valence-electron chi connectivity index (χ3n) is 5.60. The molecule has 2 nitrogen and oxygen atoms in total. The second-order valence-corrected chi connectivity index (χ2v) is 6.89. The normalized spacial score (nSPS) is 41.0. The van der Waals surface area contributed by atoms with Crippen LogP contribution < -0.4 is 0 Å². The molecule has 4 bridgehead atoms. The summed E-state index contributed by atoms with van der Waals surface area (Å²) < 4.78 is 5.97. The van der Waals surface area contributed by atoms with Gasteiger partial charge in [0, 0.05) is 5.41 Å². The van der Waals surface area contributed by atoms with Gasteiger partial charge in [-0.25, -0.2) is 0 Å². The van der Waals surface area contributed by atoms with E-state index in [0.717, 1.165) is 34.8 Å². The van der Waals surface area contributed by atoms with Crippen molar-refractivity contribution >= 4 is 0 Å². The Morgan fingerprint density at radius 1 is 1.17 bits per heavy atom. The van der Waals surface area contributed by atoms with Crippen LogP contribution in [0.5, 0.6) is 0 Å². The van der Waals surface area contributed by atoms with Gasteiger partial charge in [0.25, 0.3) is 0 Å². The van der Waals surface area contributed by atoms with Crippen molar-refractivity contribution in [1.82, 2.24) is 0 Å². The first-order valence-electron chi connectivity index (χ1n) is 7.19. The van der Waals surface area contributed by atoms with E-state index in [-0.39, 0.29) is 5.41 Å². The van der Waals surface area contributed by atoms with Crippen LogP contribution in [0.2, 0.25) is 0 Å². The molecule has 1 aromatic rings. The summed E-state index contributed by atoms with van der Waals surface area (Å²) in [5.41, 5.74) is 1.02. The fourth-order valence-electron chi connectivity index (χ4n) is 5.27. The first-order chi connectivity index (χ1) is 8.68. The molecule has 5 rings (SSSR count). The minimum absolute atomic E-state index is 0.286. The molecule has 0 spiro atoms. The highest BCUT2D eigenvalue weighted by molar-refractivity contribution is 5.36. The van der Waals surface area contributed by atoms with Gasteiger partial charge in [-0.05, 0) is 69.3 Å². The molecule has 2 heteroatoms. The Morgan fingerprint density at radius 3 is 2.17 bits per heavy atom. The van der Waals surface area contributed by atoms with E-state index in [1.54, 1.807) is 0 Å². The van der Waals surface area contributed by atoms with Crippen LogP contribution in [0.3, 0.4) is 0 Å². The van der Waals surface area contributed by atoms with Gasteiger partial charge in [0.05, 0.1) is 5.56 Å². The lowest BCUT2D eigenvalue weighted by Crippen LogP contribution is -2.48. The molecule has 4 aliphatic carbocycles. The van der Waals surface area contributed by atoms with Gasteiger partial charge in [-0.2, -0.15) is 5.26 Å².